The number of nitrogens with two attached hydrogens (primary N) is 1. The molecule has 3 aromatic carbocycles. The molecule has 7 heteroatoms. The summed E-state index contributed by atoms with van der Waals surface area (Å²) in [5.41, 5.74) is 10.4. The first-order valence-corrected chi connectivity index (χ1v) is 11.6. The number of H-pyrrole nitrogens is 1. The summed E-state index contributed by atoms with van der Waals surface area (Å²) in [6, 6.07) is 16.2. The Kier molecular flexibility index (Phi) is 4.86. The smallest absolute Gasteiger partial charge is 0.250 e. The molecule has 174 valence electrons. The number of amides is 1. The first-order valence-electron chi connectivity index (χ1n) is 11.6. The lowest BCUT2D eigenvalue weighted by molar-refractivity contribution is 0.100. The van der Waals surface area contributed by atoms with E-state index in [0.717, 1.165) is 41.5 Å². The Morgan fingerprint density at radius 2 is 1.94 bits per heavy atom. The van der Waals surface area contributed by atoms with E-state index in [4.69, 9.17) is 10.5 Å². The molecule has 2 atom stereocenters. The van der Waals surface area contributed by atoms with E-state index in [1.54, 1.807) is 18.2 Å². The summed E-state index contributed by atoms with van der Waals surface area (Å²) in [7, 11) is 3.64. The standard InChI is InChI=1S/C27H27FN4O2/c1-31-13-19-11-18(31)14-32(19)12-15-3-5-20-21-8-17(16-4-6-25(34-2)23(28)10-16)9-22(27(29)33)26(21)30-24(20)7-15/h3-10,18-19,30H,11-14H2,1-2H3,(H2,29,33). The Bertz CT molecular complexity index is 1440. The molecular weight excluding hydrogens is 431 g/mol. The summed E-state index contributed by atoms with van der Waals surface area (Å²) in [6.45, 7) is 3.16. The molecule has 2 aliphatic heterocycles. The molecule has 6 nitrogen and oxygen atoms in total. The molecule has 1 aromatic heterocycles. The van der Waals surface area contributed by atoms with Gasteiger partial charge in [-0.15, -0.1) is 0 Å². The van der Waals surface area contributed by atoms with Crippen molar-refractivity contribution in [1.82, 2.24) is 14.8 Å². The van der Waals surface area contributed by atoms with Crippen molar-refractivity contribution in [2.24, 2.45) is 5.73 Å². The van der Waals surface area contributed by atoms with Gasteiger partial charge in [0.15, 0.2) is 11.6 Å². The van der Waals surface area contributed by atoms with Gasteiger partial charge in [-0.25, -0.2) is 4.39 Å². The Morgan fingerprint density at radius 3 is 2.62 bits per heavy atom. The zero-order valence-electron chi connectivity index (χ0n) is 19.3. The van der Waals surface area contributed by atoms with Gasteiger partial charge in [-0.1, -0.05) is 18.2 Å². The fraction of sp³-hybridized carbons (Fsp3) is 0.296. The molecule has 0 aliphatic carbocycles. The molecule has 6 rings (SSSR count). The van der Waals surface area contributed by atoms with Gasteiger partial charge in [-0.2, -0.15) is 0 Å². The molecule has 4 aromatic rings. The van der Waals surface area contributed by atoms with E-state index in [-0.39, 0.29) is 5.75 Å². The summed E-state index contributed by atoms with van der Waals surface area (Å²) in [4.78, 5) is 20.8. The quantitative estimate of drug-likeness (QED) is 0.472. The largest absolute Gasteiger partial charge is 0.494 e. The molecule has 3 N–H and O–H groups in total. The van der Waals surface area contributed by atoms with Crippen molar-refractivity contribution in [2.45, 2.75) is 25.0 Å². The number of ether oxygens (including phenoxy) is 1. The third-order valence-electron chi connectivity index (χ3n) is 7.54. The number of aromatic nitrogens is 1. The Morgan fingerprint density at radius 1 is 1.09 bits per heavy atom. The number of piperazine rings is 1. The van der Waals surface area contributed by atoms with Crippen LogP contribution < -0.4 is 10.5 Å². The van der Waals surface area contributed by atoms with Crippen molar-refractivity contribution in [3.63, 3.8) is 0 Å². The first-order chi connectivity index (χ1) is 16.4. The minimum atomic E-state index is -0.523. The van der Waals surface area contributed by atoms with Crippen molar-refractivity contribution in [2.75, 3.05) is 27.2 Å². The monoisotopic (exact) mass is 458 g/mol. The number of likely N-dealkylation sites (tertiary alicyclic amines) is 2. The SMILES string of the molecule is COc1ccc(-c2cc(C(N)=O)c3[nH]c4cc(CN5CC6CC5CN6C)ccc4c3c2)cc1F. The molecule has 0 saturated carbocycles. The number of hydrogen-bond acceptors (Lipinski definition) is 4. The maximum Gasteiger partial charge on any atom is 0.250 e. The van der Waals surface area contributed by atoms with E-state index >= 15 is 0 Å². The predicted octanol–water partition coefficient (Wildman–Crippen LogP) is 4.12. The van der Waals surface area contributed by atoms with E-state index < -0.39 is 11.7 Å². The molecule has 34 heavy (non-hydrogen) atoms. The average molecular weight is 459 g/mol. The van der Waals surface area contributed by atoms with Crippen LogP contribution in [0.15, 0.2) is 48.5 Å². The first kappa shape index (κ1) is 21.1. The number of methoxy groups -OCH3 is 1. The van der Waals surface area contributed by atoms with Gasteiger partial charge >= 0.3 is 0 Å². The highest BCUT2D eigenvalue weighted by Gasteiger charge is 2.41. The van der Waals surface area contributed by atoms with Crippen LogP contribution in [0.3, 0.4) is 0 Å². The second-order valence-corrected chi connectivity index (χ2v) is 9.58. The van der Waals surface area contributed by atoms with Crippen LogP contribution in [0, 0.1) is 5.82 Å². The normalized spacial score (nSPS) is 20.6. The summed E-state index contributed by atoms with van der Waals surface area (Å²) in [6.07, 6.45) is 1.25. The van der Waals surface area contributed by atoms with Crippen LogP contribution in [0.5, 0.6) is 5.75 Å². The second kappa shape index (κ2) is 7.82. The molecule has 2 saturated heterocycles. The molecule has 2 unspecified atom stereocenters. The van der Waals surface area contributed by atoms with Crippen LogP contribution in [0.2, 0.25) is 0 Å². The van der Waals surface area contributed by atoms with Crippen molar-refractivity contribution < 1.29 is 13.9 Å². The van der Waals surface area contributed by atoms with Gasteiger partial charge in [0.05, 0.1) is 18.2 Å². The number of carbonyl (C=O) groups is 1. The number of fused-ring (bicyclic) bond motifs is 5. The van der Waals surface area contributed by atoms with E-state index in [1.807, 2.05) is 6.07 Å². The van der Waals surface area contributed by atoms with Gasteiger partial charge in [0.25, 0.3) is 5.91 Å². The van der Waals surface area contributed by atoms with Crippen LogP contribution in [0.25, 0.3) is 32.9 Å². The van der Waals surface area contributed by atoms with Crippen molar-refractivity contribution in [1.29, 1.82) is 0 Å². The van der Waals surface area contributed by atoms with Gasteiger partial charge in [-0.3, -0.25) is 9.69 Å². The fourth-order valence-electron chi connectivity index (χ4n) is 5.74. The summed E-state index contributed by atoms with van der Waals surface area (Å²) in [5, 5.41) is 1.91. The second-order valence-electron chi connectivity index (χ2n) is 9.58. The van der Waals surface area contributed by atoms with Crippen LogP contribution in [-0.4, -0.2) is 60.0 Å². The van der Waals surface area contributed by atoms with Gasteiger partial charge in [0, 0.05) is 48.0 Å². The Balaban J connectivity index is 1.41. The van der Waals surface area contributed by atoms with Crippen molar-refractivity contribution in [3.8, 4) is 16.9 Å². The lowest BCUT2D eigenvalue weighted by Gasteiger charge is -2.31. The highest BCUT2D eigenvalue weighted by Crippen LogP contribution is 2.35. The number of carbonyl (C=O) groups excluding carboxylic acids is 1. The third-order valence-corrected chi connectivity index (χ3v) is 7.54. The van der Waals surface area contributed by atoms with Crippen molar-refractivity contribution in [3.05, 3.63) is 65.5 Å². The summed E-state index contributed by atoms with van der Waals surface area (Å²) in [5.74, 6) is -0.798. The number of hydrogen-bond donors (Lipinski definition) is 2. The maximum absolute atomic E-state index is 14.4. The van der Waals surface area contributed by atoms with Crippen molar-refractivity contribution >= 4 is 27.7 Å². The van der Waals surface area contributed by atoms with Gasteiger partial charge < -0.3 is 20.4 Å². The summed E-state index contributed by atoms with van der Waals surface area (Å²) >= 11 is 0. The summed E-state index contributed by atoms with van der Waals surface area (Å²) < 4.78 is 19.4. The molecular formula is C27H27FN4O2. The van der Waals surface area contributed by atoms with E-state index in [0.29, 0.717) is 28.7 Å². The fourth-order valence-corrected chi connectivity index (χ4v) is 5.74. The zero-order valence-corrected chi connectivity index (χ0v) is 19.3. The highest BCUT2D eigenvalue weighted by molar-refractivity contribution is 6.16. The highest BCUT2D eigenvalue weighted by atomic mass is 19.1. The maximum atomic E-state index is 14.4. The van der Waals surface area contributed by atoms with Crippen LogP contribution in [0.1, 0.15) is 22.3 Å². The number of aromatic amines is 1. The number of halogens is 1. The van der Waals surface area contributed by atoms with Gasteiger partial charge in [-0.05, 0) is 60.5 Å². The average Bonchev–Trinajstić information content (AvgIpc) is 3.49. The Hall–Kier alpha value is -3.42. The molecule has 3 heterocycles. The van der Waals surface area contributed by atoms with Crippen LogP contribution in [0.4, 0.5) is 4.39 Å². The third kappa shape index (κ3) is 3.35. The number of rotatable bonds is 5. The molecule has 2 bridgehead atoms. The van der Waals surface area contributed by atoms with Gasteiger partial charge in [0.2, 0.25) is 0 Å². The molecule has 2 aliphatic rings. The number of nitrogens with zero attached hydrogens (tertiary/aromatic N) is 2. The number of likely N-dealkylation sites (N-methyl/N-ethyl adjacent to an activating group) is 1. The lowest BCUT2D eigenvalue weighted by atomic mass is 9.98. The zero-order chi connectivity index (χ0) is 23.6. The Labute approximate surface area is 197 Å². The van der Waals surface area contributed by atoms with E-state index in [1.165, 1.54) is 25.2 Å². The number of benzene rings is 3. The van der Waals surface area contributed by atoms with Crippen LogP contribution >= 0.6 is 0 Å². The minimum absolute atomic E-state index is 0.178. The number of nitrogens with one attached hydrogen (secondary N) is 1. The lowest BCUT2D eigenvalue weighted by Crippen LogP contribution is -2.43. The predicted molar refractivity (Wildman–Crippen MR) is 132 cm³/mol. The number of primary amides is 1. The molecule has 0 spiro atoms. The topological polar surface area (TPSA) is 74.6 Å². The molecule has 0 radical (unpaired) electrons. The van der Waals surface area contributed by atoms with Gasteiger partial charge in [0.1, 0.15) is 0 Å². The molecule has 1 amide bonds. The molecule has 2 fully saturated rings. The van der Waals surface area contributed by atoms with E-state index in [9.17, 15) is 9.18 Å². The minimum Gasteiger partial charge on any atom is -0.494 e. The van der Waals surface area contributed by atoms with E-state index in [2.05, 4.69) is 40.0 Å². The van der Waals surface area contributed by atoms with Crippen LogP contribution in [-0.2, 0) is 6.54 Å².